The summed E-state index contributed by atoms with van der Waals surface area (Å²) in [5, 5.41) is 4.17. The molecule has 0 saturated heterocycles. The first kappa shape index (κ1) is 13.3. The van der Waals surface area contributed by atoms with Crippen LogP contribution < -0.4 is 10.6 Å². The second kappa shape index (κ2) is 4.72. The zero-order valence-electron chi connectivity index (χ0n) is 12.6. The Morgan fingerprint density at radius 2 is 2.00 bits per heavy atom. The number of nitrogen functional groups attached to an aromatic ring is 1. The van der Waals surface area contributed by atoms with Gasteiger partial charge in [-0.1, -0.05) is 0 Å². The van der Waals surface area contributed by atoms with Crippen molar-refractivity contribution in [1.82, 2.24) is 29.3 Å². The van der Waals surface area contributed by atoms with Gasteiger partial charge in [0.15, 0.2) is 17.0 Å². The van der Waals surface area contributed by atoms with Crippen molar-refractivity contribution in [2.45, 2.75) is 13.5 Å². The number of anilines is 2. The fourth-order valence-corrected chi connectivity index (χ4v) is 2.31. The van der Waals surface area contributed by atoms with Crippen molar-refractivity contribution in [3.63, 3.8) is 0 Å². The molecule has 0 aliphatic heterocycles. The predicted octanol–water partition coefficient (Wildman–Crippen LogP) is 0.624. The van der Waals surface area contributed by atoms with Gasteiger partial charge in [-0.15, -0.1) is 0 Å². The Bertz CT molecular complexity index is 800. The molecule has 3 aromatic rings. The molecule has 0 spiro atoms. The fraction of sp³-hybridized carbons (Fsp3) is 0.385. The summed E-state index contributed by atoms with van der Waals surface area (Å²) >= 11 is 0. The molecule has 8 heteroatoms. The Hall–Kier alpha value is -2.64. The van der Waals surface area contributed by atoms with Crippen LogP contribution in [-0.4, -0.2) is 36.3 Å². The molecule has 0 atom stereocenters. The van der Waals surface area contributed by atoms with E-state index >= 15 is 0 Å². The number of aromatic nitrogens is 6. The minimum atomic E-state index is 0.248. The highest BCUT2D eigenvalue weighted by atomic mass is 15.3. The number of imidazole rings is 1. The zero-order chi connectivity index (χ0) is 15.1. The summed E-state index contributed by atoms with van der Waals surface area (Å²) in [7, 11) is 5.79. The Balaban J connectivity index is 2.07. The van der Waals surface area contributed by atoms with E-state index < -0.39 is 0 Å². The van der Waals surface area contributed by atoms with Gasteiger partial charge in [0, 0.05) is 27.3 Å². The Morgan fingerprint density at radius 1 is 1.24 bits per heavy atom. The summed E-state index contributed by atoms with van der Waals surface area (Å²) in [4.78, 5) is 15.2. The van der Waals surface area contributed by atoms with E-state index in [9.17, 15) is 0 Å². The SMILES string of the molecule is Cc1nc2c(N(C)Cc3ccnn3C)nc(N)nc2n1C. The van der Waals surface area contributed by atoms with E-state index in [0.29, 0.717) is 6.54 Å². The molecular weight excluding hydrogens is 268 g/mol. The van der Waals surface area contributed by atoms with Gasteiger partial charge >= 0.3 is 0 Å². The third-order valence-corrected chi connectivity index (χ3v) is 3.62. The average Bonchev–Trinajstić information content (AvgIpc) is 2.95. The molecular formula is C13H18N8. The largest absolute Gasteiger partial charge is 0.368 e. The molecule has 3 rings (SSSR count). The summed E-state index contributed by atoms with van der Waals surface area (Å²) in [6.07, 6.45) is 1.78. The first-order chi connectivity index (χ1) is 9.97. The smallest absolute Gasteiger partial charge is 0.224 e. The Morgan fingerprint density at radius 3 is 2.67 bits per heavy atom. The lowest BCUT2D eigenvalue weighted by Crippen LogP contribution is -2.21. The van der Waals surface area contributed by atoms with Gasteiger partial charge in [-0.25, -0.2) is 4.98 Å². The summed E-state index contributed by atoms with van der Waals surface area (Å²) < 4.78 is 3.75. The molecule has 3 aromatic heterocycles. The van der Waals surface area contributed by atoms with Gasteiger partial charge in [-0.05, 0) is 13.0 Å². The van der Waals surface area contributed by atoms with Gasteiger partial charge in [0.25, 0.3) is 0 Å². The first-order valence-corrected chi connectivity index (χ1v) is 6.62. The molecule has 0 aliphatic rings. The van der Waals surface area contributed by atoms with Crippen LogP contribution in [-0.2, 0) is 20.6 Å². The number of fused-ring (bicyclic) bond motifs is 1. The normalized spacial score (nSPS) is 11.2. The van der Waals surface area contributed by atoms with Gasteiger partial charge in [0.1, 0.15) is 5.82 Å². The second-order valence-electron chi connectivity index (χ2n) is 5.10. The number of rotatable bonds is 3. The molecule has 2 N–H and O–H groups in total. The number of hydrogen-bond acceptors (Lipinski definition) is 6. The zero-order valence-corrected chi connectivity index (χ0v) is 12.6. The molecule has 21 heavy (non-hydrogen) atoms. The highest BCUT2D eigenvalue weighted by molar-refractivity contribution is 5.85. The molecule has 3 heterocycles. The van der Waals surface area contributed by atoms with Crippen molar-refractivity contribution in [3.8, 4) is 0 Å². The van der Waals surface area contributed by atoms with Gasteiger partial charge in [0.05, 0.1) is 12.2 Å². The van der Waals surface area contributed by atoms with Crippen molar-refractivity contribution >= 4 is 22.9 Å². The van der Waals surface area contributed by atoms with Crippen molar-refractivity contribution < 1.29 is 0 Å². The van der Waals surface area contributed by atoms with Crippen LogP contribution in [0.1, 0.15) is 11.5 Å². The number of aryl methyl sites for hydroxylation is 3. The van der Waals surface area contributed by atoms with Crippen LogP contribution in [0.15, 0.2) is 12.3 Å². The maximum atomic E-state index is 5.84. The quantitative estimate of drug-likeness (QED) is 0.759. The van der Waals surface area contributed by atoms with Crippen LogP contribution in [0.4, 0.5) is 11.8 Å². The molecule has 8 nitrogen and oxygen atoms in total. The van der Waals surface area contributed by atoms with Crippen molar-refractivity contribution in [3.05, 3.63) is 23.8 Å². The van der Waals surface area contributed by atoms with Crippen molar-refractivity contribution in [2.75, 3.05) is 17.7 Å². The third kappa shape index (κ3) is 2.18. The average molecular weight is 286 g/mol. The molecule has 0 unspecified atom stereocenters. The molecule has 0 saturated carbocycles. The maximum absolute atomic E-state index is 5.84. The van der Waals surface area contributed by atoms with Gasteiger partial charge in [-0.3, -0.25) is 4.68 Å². The van der Waals surface area contributed by atoms with Gasteiger partial charge < -0.3 is 15.2 Å². The van der Waals surface area contributed by atoms with Crippen LogP contribution in [0.5, 0.6) is 0 Å². The van der Waals surface area contributed by atoms with Crippen molar-refractivity contribution in [1.29, 1.82) is 0 Å². The van der Waals surface area contributed by atoms with Crippen LogP contribution >= 0.6 is 0 Å². The highest BCUT2D eigenvalue weighted by Gasteiger charge is 2.17. The van der Waals surface area contributed by atoms with Crippen LogP contribution in [0.3, 0.4) is 0 Å². The van der Waals surface area contributed by atoms with E-state index in [1.807, 2.05) is 48.3 Å². The topological polar surface area (TPSA) is 90.7 Å². The first-order valence-electron chi connectivity index (χ1n) is 6.62. The van der Waals surface area contributed by atoms with E-state index in [0.717, 1.165) is 28.5 Å². The molecule has 0 amide bonds. The Labute approximate surface area is 122 Å². The summed E-state index contributed by atoms with van der Waals surface area (Å²) in [5.74, 6) is 1.85. The van der Waals surface area contributed by atoms with E-state index in [-0.39, 0.29) is 5.95 Å². The predicted molar refractivity (Wildman–Crippen MR) is 80.8 cm³/mol. The molecule has 0 bridgehead atoms. The lowest BCUT2D eigenvalue weighted by Gasteiger charge is -2.18. The summed E-state index contributed by atoms with van der Waals surface area (Å²) in [6, 6.07) is 1.97. The van der Waals surface area contributed by atoms with Crippen LogP contribution in [0, 0.1) is 6.92 Å². The van der Waals surface area contributed by atoms with Gasteiger partial charge in [0.2, 0.25) is 5.95 Å². The fourth-order valence-electron chi connectivity index (χ4n) is 2.31. The molecule has 0 aromatic carbocycles. The number of nitrogens with two attached hydrogens (primary N) is 1. The molecule has 110 valence electrons. The number of nitrogens with zero attached hydrogens (tertiary/aromatic N) is 7. The van der Waals surface area contributed by atoms with E-state index in [1.54, 1.807) is 6.20 Å². The lowest BCUT2D eigenvalue weighted by molar-refractivity contribution is 0.697. The lowest BCUT2D eigenvalue weighted by atomic mass is 10.3. The maximum Gasteiger partial charge on any atom is 0.224 e. The van der Waals surface area contributed by atoms with Gasteiger partial charge in [-0.2, -0.15) is 15.1 Å². The standard InChI is InChI=1S/C13H18N8/c1-8-16-10-11(17-13(14)18-12(10)20(8)3)19(2)7-9-5-6-15-21(9)4/h5-6H,7H2,1-4H3,(H2,14,17,18). The monoisotopic (exact) mass is 286 g/mol. The third-order valence-electron chi connectivity index (χ3n) is 3.62. The van der Waals surface area contributed by atoms with Crippen LogP contribution in [0.25, 0.3) is 11.2 Å². The van der Waals surface area contributed by atoms with E-state index in [2.05, 4.69) is 20.1 Å². The number of hydrogen-bond donors (Lipinski definition) is 1. The molecule has 0 fully saturated rings. The van der Waals surface area contributed by atoms with Crippen LogP contribution in [0.2, 0.25) is 0 Å². The molecule has 0 aliphatic carbocycles. The van der Waals surface area contributed by atoms with E-state index in [4.69, 9.17) is 5.73 Å². The second-order valence-corrected chi connectivity index (χ2v) is 5.10. The Kier molecular flexibility index (Phi) is 3.00. The highest BCUT2D eigenvalue weighted by Crippen LogP contribution is 2.24. The summed E-state index contributed by atoms with van der Waals surface area (Å²) in [6.45, 7) is 2.60. The minimum Gasteiger partial charge on any atom is -0.368 e. The summed E-state index contributed by atoms with van der Waals surface area (Å²) in [5.41, 5.74) is 8.42. The van der Waals surface area contributed by atoms with Crippen molar-refractivity contribution in [2.24, 2.45) is 14.1 Å². The molecule has 0 radical (unpaired) electrons. The van der Waals surface area contributed by atoms with E-state index in [1.165, 1.54) is 0 Å². The minimum absolute atomic E-state index is 0.248.